The van der Waals surface area contributed by atoms with Gasteiger partial charge in [0, 0.05) is 13.0 Å². The number of carbonyl (C=O) groups excluding carboxylic acids is 2. The van der Waals surface area contributed by atoms with Crippen molar-refractivity contribution >= 4 is 23.5 Å². The molecule has 1 fully saturated rings. The molecule has 1 aliphatic rings. The molecule has 1 unspecified atom stereocenters. The molecule has 1 aromatic rings. The van der Waals surface area contributed by atoms with Crippen LogP contribution >= 0.6 is 0 Å². The van der Waals surface area contributed by atoms with Gasteiger partial charge in [-0.3, -0.25) is 9.59 Å². The Labute approximate surface area is 109 Å². The second-order valence-corrected chi connectivity index (χ2v) is 4.55. The van der Waals surface area contributed by atoms with Crippen LogP contribution in [-0.4, -0.2) is 29.4 Å². The smallest absolute Gasteiger partial charge is 0.337 e. The monoisotopic (exact) mass is 262 g/mol. The van der Waals surface area contributed by atoms with Gasteiger partial charge < -0.3 is 15.7 Å². The molecule has 0 aromatic heterocycles. The molecule has 0 radical (unpaired) electrons. The van der Waals surface area contributed by atoms with Crippen LogP contribution in [0.3, 0.4) is 0 Å². The Kier molecular flexibility index (Phi) is 3.50. The van der Waals surface area contributed by atoms with Crippen LogP contribution in [0.15, 0.2) is 18.2 Å². The van der Waals surface area contributed by atoms with Crippen molar-refractivity contribution in [3.63, 3.8) is 0 Å². The molecule has 0 aliphatic carbocycles. The Morgan fingerprint density at radius 1 is 1.42 bits per heavy atom. The van der Waals surface area contributed by atoms with Gasteiger partial charge in [-0.2, -0.15) is 0 Å². The molecule has 1 atom stereocenters. The molecule has 0 spiro atoms. The third-order valence-corrected chi connectivity index (χ3v) is 3.01. The highest BCUT2D eigenvalue weighted by molar-refractivity contribution is 6.02. The Hall–Kier alpha value is -2.37. The van der Waals surface area contributed by atoms with E-state index < -0.39 is 11.9 Å². The van der Waals surface area contributed by atoms with Crippen LogP contribution in [-0.2, 0) is 9.59 Å². The number of carboxylic acid groups (broad SMARTS) is 1. The normalized spacial score (nSPS) is 17.9. The third kappa shape index (κ3) is 2.90. The Bertz CT molecular complexity index is 554. The second-order valence-electron chi connectivity index (χ2n) is 4.55. The van der Waals surface area contributed by atoms with Gasteiger partial charge in [0.2, 0.25) is 11.8 Å². The number of hydrogen-bond acceptors (Lipinski definition) is 3. The minimum absolute atomic E-state index is 0.0469. The fourth-order valence-corrected chi connectivity index (χ4v) is 1.97. The van der Waals surface area contributed by atoms with Crippen LogP contribution in [0.5, 0.6) is 0 Å². The van der Waals surface area contributed by atoms with E-state index in [1.807, 2.05) is 0 Å². The van der Waals surface area contributed by atoms with Crippen molar-refractivity contribution in [3.8, 4) is 0 Å². The lowest BCUT2D eigenvalue weighted by atomic mass is 10.1. The van der Waals surface area contributed by atoms with E-state index in [4.69, 9.17) is 5.11 Å². The first kappa shape index (κ1) is 13.1. The van der Waals surface area contributed by atoms with Crippen LogP contribution in [0.25, 0.3) is 0 Å². The van der Waals surface area contributed by atoms with E-state index >= 15 is 0 Å². The number of carboxylic acids is 1. The first-order valence-electron chi connectivity index (χ1n) is 5.89. The topological polar surface area (TPSA) is 95.5 Å². The van der Waals surface area contributed by atoms with E-state index in [1.54, 1.807) is 19.1 Å². The van der Waals surface area contributed by atoms with Crippen molar-refractivity contribution in [1.82, 2.24) is 5.32 Å². The second kappa shape index (κ2) is 5.09. The minimum Gasteiger partial charge on any atom is -0.478 e. The molecule has 1 saturated heterocycles. The number of amides is 2. The third-order valence-electron chi connectivity index (χ3n) is 3.01. The molecule has 19 heavy (non-hydrogen) atoms. The summed E-state index contributed by atoms with van der Waals surface area (Å²) in [5, 5.41) is 14.2. The lowest BCUT2D eigenvalue weighted by molar-refractivity contribution is -0.123. The van der Waals surface area contributed by atoms with E-state index in [1.165, 1.54) is 6.07 Å². The zero-order chi connectivity index (χ0) is 14.0. The molecule has 2 amide bonds. The number of benzene rings is 1. The Balaban J connectivity index is 2.17. The van der Waals surface area contributed by atoms with Crippen molar-refractivity contribution in [2.45, 2.75) is 13.3 Å². The maximum absolute atomic E-state index is 11.9. The molecule has 1 heterocycles. The summed E-state index contributed by atoms with van der Waals surface area (Å²) < 4.78 is 0. The van der Waals surface area contributed by atoms with Crippen molar-refractivity contribution < 1.29 is 19.5 Å². The highest BCUT2D eigenvalue weighted by Crippen LogP contribution is 2.19. The summed E-state index contributed by atoms with van der Waals surface area (Å²) in [4.78, 5) is 34.1. The van der Waals surface area contributed by atoms with Crippen molar-refractivity contribution in [1.29, 1.82) is 0 Å². The summed E-state index contributed by atoms with van der Waals surface area (Å²) in [5.41, 5.74) is 1.10. The maximum Gasteiger partial charge on any atom is 0.337 e. The largest absolute Gasteiger partial charge is 0.478 e. The van der Waals surface area contributed by atoms with E-state index in [2.05, 4.69) is 10.6 Å². The van der Waals surface area contributed by atoms with Crippen molar-refractivity contribution in [2.24, 2.45) is 5.92 Å². The summed E-state index contributed by atoms with van der Waals surface area (Å²) in [6, 6.07) is 4.77. The predicted octanol–water partition coefficient (Wildman–Crippen LogP) is 0.768. The van der Waals surface area contributed by atoms with Crippen LogP contribution in [0, 0.1) is 12.8 Å². The average molecular weight is 262 g/mol. The van der Waals surface area contributed by atoms with Gasteiger partial charge in [0.05, 0.1) is 17.2 Å². The number of carbonyl (C=O) groups is 3. The SMILES string of the molecule is Cc1ccc(NC(=O)C2CNC(=O)C2)c(C(=O)O)c1. The predicted molar refractivity (Wildman–Crippen MR) is 67.9 cm³/mol. The van der Waals surface area contributed by atoms with Crippen LogP contribution in [0.2, 0.25) is 0 Å². The first-order valence-corrected chi connectivity index (χ1v) is 5.89. The number of aromatic carboxylic acids is 1. The number of nitrogens with one attached hydrogen (secondary N) is 2. The summed E-state index contributed by atoms with van der Waals surface area (Å²) >= 11 is 0. The Morgan fingerprint density at radius 2 is 2.16 bits per heavy atom. The van der Waals surface area contributed by atoms with E-state index in [0.29, 0.717) is 6.54 Å². The standard InChI is InChI=1S/C13H14N2O4/c1-7-2-3-10(9(4-7)13(18)19)15-12(17)8-5-11(16)14-6-8/h2-4,8H,5-6H2,1H3,(H,14,16)(H,15,17)(H,18,19). The molecule has 6 nitrogen and oxygen atoms in total. The summed E-state index contributed by atoms with van der Waals surface area (Å²) in [5.74, 6) is -2.05. The van der Waals surface area contributed by atoms with Crippen LogP contribution < -0.4 is 10.6 Å². The van der Waals surface area contributed by atoms with E-state index in [9.17, 15) is 14.4 Å². The number of hydrogen-bond donors (Lipinski definition) is 3. The van der Waals surface area contributed by atoms with Gasteiger partial charge in [-0.15, -0.1) is 0 Å². The number of aryl methyl sites for hydroxylation is 1. The zero-order valence-corrected chi connectivity index (χ0v) is 10.4. The maximum atomic E-state index is 11.9. The molecule has 3 N–H and O–H groups in total. The van der Waals surface area contributed by atoms with Gasteiger partial charge in [0.1, 0.15) is 0 Å². The van der Waals surface area contributed by atoms with Gasteiger partial charge in [0.15, 0.2) is 0 Å². The van der Waals surface area contributed by atoms with Gasteiger partial charge in [-0.05, 0) is 19.1 Å². The Morgan fingerprint density at radius 3 is 2.74 bits per heavy atom. The number of anilines is 1. The fourth-order valence-electron chi connectivity index (χ4n) is 1.97. The highest BCUT2D eigenvalue weighted by atomic mass is 16.4. The molecular formula is C13H14N2O4. The summed E-state index contributed by atoms with van der Waals surface area (Å²) in [7, 11) is 0. The average Bonchev–Trinajstić information content (AvgIpc) is 2.78. The molecular weight excluding hydrogens is 248 g/mol. The molecule has 6 heteroatoms. The number of rotatable bonds is 3. The lowest BCUT2D eigenvalue weighted by Gasteiger charge is -2.12. The van der Waals surface area contributed by atoms with Gasteiger partial charge in [0.25, 0.3) is 0 Å². The highest BCUT2D eigenvalue weighted by Gasteiger charge is 2.28. The van der Waals surface area contributed by atoms with Gasteiger partial charge in [-0.25, -0.2) is 4.79 Å². The summed E-state index contributed by atoms with van der Waals surface area (Å²) in [6.07, 6.45) is 0.139. The molecule has 1 aromatic carbocycles. The molecule has 0 saturated carbocycles. The minimum atomic E-state index is -1.10. The quantitative estimate of drug-likeness (QED) is 0.749. The van der Waals surface area contributed by atoms with Crippen LogP contribution in [0.1, 0.15) is 22.3 Å². The van der Waals surface area contributed by atoms with Crippen LogP contribution in [0.4, 0.5) is 5.69 Å². The van der Waals surface area contributed by atoms with E-state index in [0.717, 1.165) is 5.56 Å². The van der Waals surface area contributed by atoms with Crippen molar-refractivity contribution in [2.75, 3.05) is 11.9 Å². The summed E-state index contributed by atoms with van der Waals surface area (Å²) in [6.45, 7) is 2.07. The molecule has 1 aliphatic heterocycles. The first-order chi connectivity index (χ1) is 8.97. The molecule has 100 valence electrons. The molecule has 0 bridgehead atoms. The zero-order valence-electron chi connectivity index (χ0n) is 10.4. The van der Waals surface area contributed by atoms with E-state index in [-0.39, 0.29) is 29.5 Å². The van der Waals surface area contributed by atoms with Gasteiger partial charge in [-0.1, -0.05) is 11.6 Å². The lowest BCUT2D eigenvalue weighted by Crippen LogP contribution is -2.25. The van der Waals surface area contributed by atoms with Crippen molar-refractivity contribution in [3.05, 3.63) is 29.3 Å². The fraction of sp³-hybridized carbons (Fsp3) is 0.308. The van der Waals surface area contributed by atoms with Gasteiger partial charge >= 0.3 is 5.97 Å². The molecule has 2 rings (SSSR count).